The highest BCUT2D eigenvalue weighted by atomic mass is 32.2. The number of H-pyrrole nitrogens is 1. The smallest absolute Gasteiger partial charge is 0.247 e. The second-order valence-electron chi connectivity index (χ2n) is 6.93. The van der Waals surface area contributed by atoms with Gasteiger partial charge in [0, 0.05) is 39.7 Å². The zero-order valence-electron chi connectivity index (χ0n) is 16.1. The molecular formula is C22H21N5OS. The Hall–Kier alpha value is -3.06. The average Bonchev–Trinajstić information content (AvgIpc) is 3.11. The maximum atomic E-state index is 6.38. The van der Waals surface area contributed by atoms with Gasteiger partial charge in [-0.1, -0.05) is 61.5 Å². The molecule has 2 aromatic carbocycles. The Bertz CT molecular complexity index is 1160. The van der Waals surface area contributed by atoms with Crippen molar-refractivity contribution < 1.29 is 4.74 Å². The van der Waals surface area contributed by atoms with Crippen LogP contribution in [0, 0.1) is 0 Å². The van der Waals surface area contributed by atoms with Gasteiger partial charge in [0.1, 0.15) is 0 Å². The average molecular weight is 404 g/mol. The highest BCUT2D eigenvalue weighted by molar-refractivity contribution is 7.99. The van der Waals surface area contributed by atoms with E-state index in [1.807, 2.05) is 42.6 Å². The predicted molar refractivity (Wildman–Crippen MR) is 116 cm³/mol. The zero-order chi connectivity index (χ0) is 19.6. The molecule has 1 aliphatic rings. The first-order valence-electron chi connectivity index (χ1n) is 9.79. The molecule has 7 heteroatoms. The molecule has 146 valence electrons. The molecule has 5 rings (SSSR count). The largest absolute Gasteiger partial charge is 0.448 e. The van der Waals surface area contributed by atoms with Crippen LogP contribution in [0.1, 0.15) is 31.6 Å². The molecule has 6 nitrogen and oxygen atoms in total. The fraction of sp³-hybridized carbons (Fsp3) is 0.227. The first-order chi connectivity index (χ1) is 14.3. The lowest BCUT2D eigenvalue weighted by atomic mass is 10.1. The molecule has 0 amide bonds. The number of anilines is 1. The van der Waals surface area contributed by atoms with Gasteiger partial charge in [0.05, 0.1) is 0 Å². The van der Waals surface area contributed by atoms with Crippen LogP contribution in [0.3, 0.4) is 0 Å². The summed E-state index contributed by atoms with van der Waals surface area (Å²) in [5, 5.41) is 14.1. The van der Waals surface area contributed by atoms with Gasteiger partial charge in [-0.05, 0) is 18.6 Å². The topological polar surface area (TPSA) is 75.7 Å². The van der Waals surface area contributed by atoms with Crippen molar-refractivity contribution in [1.29, 1.82) is 0 Å². The van der Waals surface area contributed by atoms with E-state index >= 15 is 0 Å². The predicted octanol–water partition coefficient (Wildman–Crippen LogP) is 5.42. The number of unbranched alkanes of at least 4 members (excludes halogenated alkanes) is 1. The summed E-state index contributed by atoms with van der Waals surface area (Å²) in [6.07, 6.45) is 3.86. The van der Waals surface area contributed by atoms with Gasteiger partial charge in [-0.15, -0.1) is 10.2 Å². The number of aromatic nitrogens is 4. The third-order valence-electron chi connectivity index (χ3n) is 4.97. The summed E-state index contributed by atoms with van der Waals surface area (Å²) in [6.45, 7) is 2.17. The van der Waals surface area contributed by atoms with E-state index in [9.17, 15) is 0 Å². The van der Waals surface area contributed by atoms with Gasteiger partial charge in [0.2, 0.25) is 11.0 Å². The fourth-order valence-corrected chi connectivity index (χ4v) is 4.33. The quantitative estimate of drug-likeness (QED) is 0.342. The first kappa shape index (κ1) is 18.0. The molecule has 1 aliphatic heterocycles. The molecule has 0 fully saturated rings. The Kier molecular flexibility index (Phi) is 4.81. The van der Waals surface area contributed by atoms with Crippen molar-refractivity contribution in [3.8, 4) is 17.1 Å². The minimum Gasteiger partial charge on any atom is -0.448 e. The molecular weight excluding hydrogens is 382 g/mol. The van der Waals surface area contributed by atoms with Crippen LogP contribution in [0.5, 0.6) is 5.88 Å². The standard InChI is InChI=1S/C22H21N5OS/c1-2-3-12-29-22-25-21-19(26-27-22)15-9-5-7-11-18(15)24-20(28-21)16-13-23-17-10-6-4-8-14(16)17/h4-11,13,20,23-24H,2-3,12H2,1H3/t20-/m1/s1. The van der Waals surface area contributed by atoms with E-state index in [0.29, 0.717) is 16.7 Å². The molecule has 29 heavy (non-hydrogen) atoms. The van der Waals surface area contributed by atoms with Crippen molar-refractivity contribution in [3.05, 3.63) is 60.3 Å². The van der Waals surface area contributed by atoms with E-state index in [1.54, 1.807) is 11.8 Å². The van der Waals surface area contributed by atoms with Gasteiger partial charge in [-0.2, -0.15) is 4.98 Å². The number of benzene rings is 2. The van der Waals surface area contributed by atoms with Gasteiger partial charge < -0.3 is 15.0 Å². The summed E-state index contributed by atoms with van der Waals surface area (Å²) in [7, 11) is 0. The van der Waals surface area contributed by atoms with Crippen LogP contribution in [-0.2, 0) is 0 Å². The summed E-state index contributed by atoms with van der Waals surface area (Å²) in [4.78, 5) is 8.03. The second-order valence-corrected chi connectivity index (χ2v) is 7.99. The highest BCUT2D eigenvalue weighted by Crippen LogP contribution is 2.40. The fourth-order valence-electron chi connectivity index (χ4n) is 3.47. The second kappa shape index (κ2) is 7.75. The molecule has 4 aromatic rings. The summed E-state index contributed by atoms with van der Waals surface area (Å²) in [5.41, 5.74) is 4.65. The van der Waals surface area contributed by atoms with Gasteiger partial charge in [-0.25, -0.2) is 0 Å². The molecule has 0 radical (unpaired) electrons. The van der Waals surface area contributed by atoms with Crippen LogP contribution in [0.15, 0.2) is 59.9 Å². The van der Waals surface area contributed by atoms with E-state index < -0.39 is 6.23 Å². The lowest BCUT2D eigenvalue weighted by molar-refractivity contribution is 0.226. The lowest BCUT2D eigenvalue weighted by Gasteiger charge is -2.18. The molecule has 3 heterocycles. The molecule has 2 N–H and O–H groups in total. The molecule has 0 aliphatic carbocycles. The van der Waals surface area contributed by atoms with Crippen molar-refractivity contribution in [3.63, 3.8) is 0 Å². The van der Waals surface area contributed by atoms with Gasteiger partial charge >= 0.3 is 0 Å². The number of ether oxygens (including phenoxy) is 1. The van der Waals surface area contributed by atoms with E-state index in [0.717, 1.165) is 46.3 Å². The number of fused-ring (bicyclic) bond motifs is 4. The van der Waals surface area contributed by atoms with E-state index in [-0.39, 0.29) is 0 Å². The third-order valence-corrected chi connectivity index (χ3v) is 5.89. The Morgan fingerprint density at radius 1 is 1.07 bits per heavy atom. The van der Waals surface area contributed by atoms with Gasteiger partial charge in [0.15, 0.2) is 11.9 Å². The van der Waals surface area contributed by atoms with E-state index in [4.69, 9.17) is 9.72 Å². The molecule has 0 saturated carbocycles. The summed E-state index contributed by atoms with van der Waals surface area (Å²) in [5.74, 6) is 1.48. The van der Waals surface area contributed by atoms with Crippen molar-refractivity contribution in [2.75, 3.05) is 11.1 Å². The number of thioether (sulfide) groups is 1. The van der Waals surface area contributed by atoms with E-state index in [2.05, 4.69) is 39.6 Å². The molecule has 0 bridgehead atoms. The SMILES string of the molecule is CCCCSc1nnc2c(n1)O[C@H](c1c[nH]c3ccccc13)Nc1ccccc1-2. The summed E-state index contributed by atoms with van der Waals surface area (Å²) < 4.78 is 6.38. The summed E-state index contributed by atoms with van der Waals surface area (Å²) in [6, 6.07) is 16.2. The maximum Gasteiger partial charge on any atom is 0.247 e. The van der Waals surface area contributed by atoms with Crippen molar-refractivity contribution >= 4 is 28.4 Å². The van der Waals surface area contributed by atoms with Crippen LogP contribution in [0.2, 0.25) is 0 Å². The van der Waals surface area contributed by atoms with Crippen molar-refractivity contribution in [2.45, 2.75) is 31.1 Å². The van der Waals surface area contributed by atoms with Crippen LogP contribution in [0.25, 0.3) is 22.2 Å². The number of nitrogens with zero attached hydrogens (tertiary/aromatic N) is 3. The number of hydrogen-bond donors (Lipinski definition) is 2. The molecule has 0 unspecified atom stereocenters. The van der Waals surface area contributed by atoms with Crippen LogP contribution in [0.4, 0.5) is 5.69 Å². The normalized spacial score (nSPS) is 15.1. The number of hydrogen-bond acceptors (Lipinski definition) is 6. The van der Waals surface area contributed by atoms with Crippen LogP contribution >= 0.6 is 11.8 Å². The Morgan fingerprint density at radius 2 is 1.93 bits per heavy atom. The number of aromatic amines is 1. The van der Waals surface area contributed by atoms with E-state index in [1.165, 1.54) is 0 Å². The minimum atomic E-state index is -0.390. The molecule has 0 saturated heterocycles. The monoisotopic (exact) mass is 403 g/mol. The van der Waals surface area contributed by atoms with Crippen molar-refractivity contribution in [1.82, 2.24) is 20.2 Å². The van der Waals surface area contributed by atoms with Crippen molar-refractivity contribution in [2.24, 2.45) is 0 Å². The summed E-state index contributed by atoms with van der Waals surface area (Å²) >= 11 is 1.62. The first-order valence-corrected chi connectivity index (χ1v) is 10.8. The number of rotatable bonds is 5. The Morgan fingerprint density at radius 3 is 2.86 bits per heavy atom. The number of nitrogens with one attached hydrogen (secondary N) is 2. The van der Waals surface area contributed by atoms with Gasteiger partial charge in [0.25, 0.3) is 0 Å². The minimum absolute atomic E-state index is 0.390. The third kappa shape index (κ3) is 3.42. The van der Waals surface area contributed by atoms with Crippen LogP contribution in [-0.4, -0.2) is 25.9 Å². The van der Waals surface area contributed by atoms with Crippen LogP contribution < -0.4 is 10.1 Å². The number of para-hydroxylation sites is 2. The zero-order valence-corrected chi connectivity index (χ0v) is 16.9. The lowest BCUT2D eigenvalue weighted by Crippen LogP contribution is -2.16. The Labute approximate surface area is 173 Å². The highest BCUT2D eigenvalue weighted by Gasteiger charge is 2.27. The molecule has 2 aromatic heterocycles. The van der Waals surface area contributed by atoms with Gasteiger partial charge in [-0.3, -0.25) is 0 Å². The molecule has 0 spiro atoms. The molecule has 1 atom stereocenters. The maximum absolute atomic E-state index is 6.38. The Balaban J connectivity index is 1.58.